The minimum atomic E-state index is -4.03. The Bertz CT molecular complexity index is 1510. The highest BCUT2D eigenvalue weighted by molar-refractivity contribution is 6.17. The first-order valence-corrected chi connectivity index (χ1v) is 6.95. The lowest BCUT2D eigenvalue weighted by Gasteiger charge is -2.25. The number of benzene rings is 1. The SMILES string of the molecule is [3H]C1=C(c2c([3H])c(CCl)c([3H])c([3H])c2-c2c([3H])c(OC([3H])([3H])[3H])nc([3H])c2F)C(C([3H])([3H])[3H])(C([3H])([3H])[3H])C([3H])([3H])C1([3H])[3H]. The summed E-state index contributed by atoms with van der Waals surface area (Å²) < 4.78 is 175. The Hall–Kier alpha value is -1.87. The van der Waals surface area contributed by atoms with E-state index in [0.717, 1.165) is 0 Å². The van der Waals surface area contributed by atoms with Gasteiger partial charge in [0.25, 0.3) is 0 Å². The number of nitrogens with zero attached hydrogens (tertiary/aromatic N) is 1. The van der Waals surface area contributed by atoms with Gasteiger partial charge in [-0.05, 0) is 46.5 Å². The van der Waals surface area contributed by atoms with Crippen molar-refractivity contribution in [2.45, 2.75) is 32.3 Å². The molecule has 0 saturated carbocycles. The van der Waals surface area contributed by atoms with E-state index in [1.54, 1.807) is 0 Å². The molecule has 3 rings (SSSR count). The third-order valence-electron chi connectivity index (χ3n) is 3.11. The van der Waals surface area contributed by atoms with Crippen molar-refractivity contribution in [3.63, 3.8) is 0 Å². The van der Waals surface area contributed by atoms with Crippen LogP contribution in [0, 0.1) is 11.2 Å². The molecule has 0 atom stereocenters. The summed E-state index contributed by atoms with van der Waals surface area (Å²) in [7, 11) is -3.33. The van der Waals surface area contributed by atoms with Gasteiger partial charge in [0.15, 0.2) is 0 Å². The summed E-state index contributed by atoms with van der Waals surface area (Å²) in [4.78, 5) is 3.24. The van der Waals surface area contributed by atoms with E-state index in [2.05, 4.69) is 9.72 Å². The second-order valence-corrected chi connectivity index (χ2v) is 4.95. The molecule has 4 heteroatoms. The van der Waals surface area contributed by atoms with E-state index in [-0.39, 0.29) is 0 Å². The molecule has 0 fully saturated rings. The molecular weight excluding hydrogens is 325 g/mol. The molecule has 0 bridgehead atoms. The van der Waals surface area contributed by atoms with E-state index in [1.807, 2.05) is 0 Å². The van der Waals surface area contributed by atoms with Crippen LogP contribution in [-0.4, -0.2) is 12.0 Å². The van der Waals surface area contributed by atoms with Crippen LogP contribution in [0.4, 0.5) is 4.39 Å². The number of allylic oxidation sites excluding steroid dienone is 2. The molecule has 1 heterocycles. The minimum Gasteiger partial charge on any atom is -0.481 e. The number of rotatable bonds is 4. The van der Waals surface area contributed by atoms with E-state index in [1.165, 1.54) is 0 Å². The van der Waals surface area contributed by atoms with Crippen LogP contribution in [0.5, 0.6) is 5.88 Å². The maximum absolute atomic E-state index is 15.7. The molecule has 1 aliphatic rings. The first kappa shape index (κ1) is 5.31. The third-order valence-corrected chi connectivity index (χ3v) is 3.38. The van der Waals surface area contributed by atoms with Gasteiger partial charge in [0, 0.05) is 31.2 Å². The lowest BCUT2D eigenvalue weighted by molar-refractivity contribution is 0.396. The molecule has 0 spiro atoms. The summed E-state index contributed by atoms with van der Waals surface area (Å²) in [6.45, 7) is -8.06. The first-order valence-electron chi connectivity index (χ1n) is 15.9. The number of aromatic nitrogens is 1. The molecule has 24 heavy (non-hydrogen) atoms. The van der Waals surface area contributed by atoms with E-state index >= 15 is 4.39 Å². The van der Waals surface area contributed by atoms with Crippen LogP contribution in [0.2, 0.25) is 0 Å². The Balaban J connectivity index is 2.81. The normalized spacial score (nSPS) is 33.8. The van der Waals surface area contributed by atoms with Crippen LogP contribution >= 0.6 is 11.6 Å². The van der Waals surface area contributed by atoms with Crippen molar-refractivity contribution >= 4 is 17.2 Å². The van der Waals surface area contributed by atoms with Crippen LogP contribution in [0.1, 0.15) is 63.6 Å². The predicted molar refractivity (Wildman–Crippen MR) is 96.7 cm³/mol. The molecule has 1 aromatic carbocycles. The fraction of sp³-hybridized carbons (Fsp3) is 0.350. The zero-order valence-corrected chi connectivity index (χ0v) is 12.6. The largest absolute Gasteiger partial charge is 0.481 e. The maximum atomic E-state index is 15.7. The Morgan fingerprint density at radius 2 is 2.25 bits per heavy atom. The van der Waals surface area contributed by atoms with Gasteiger partial charge in [-0.25, -0.2) is 9.37 Å². The highest BCUT2D eigenvalue weighted by Gasteiger charge is 2.30. The standard InChI is InChI=1S/C20H21ClFNO/c1-20(2)8-4-5-17(20)15-9-13(11-21)6-7-14(15)16-10-19(24-3)23-12-18(16)22/h5-7,9-10,12H,4,8,11H2,1-3H3/i1T3,2T3,3T3,4T2,5T,6T,7T,8T2,9T,10T,12T. The molecule has 2 nitrogen and oxygen atoms in total. The summed E-state index contributed by atoms with van der Waals surface area (Å²) in [5, 5.41) is 0. The topological polar surface area (TPSA) is 22.1 Å². The quantitative estimate of drug-likeness (QED) is 0.619. The van der Waals surface area contributed by atoms with Gasteiger partial charge in [-0.15, -0.1) is 11.6 Å². The molecule has 0 saturated heterocycles. The van der Waals surface area contributed by atoms with Crippen molar-refractivity contribution in [3.8, 4) is 17.0 Å². The van der Waals surface area contributed by atoms with Gasteiger partial charge < -0.3 is 4.74 Å². The number of hydrogen-bond donors (Lipinski definition) is 0. The Morgan fingerprint density at radius 1 is 1.38 bits per heavy atom. The number of ether oxygens (including phenoxy) is 1. The van der Waals surface area contributed by atoms with Crippen molar-refractivity contribution in [2.75, 3.05) is 7.04 Å². The molecule has 0 aliphatic heterocycles. The minimum absolute atomic E-state index is 0.616. The van der Waals surface area contributed by atoms with Gasteiger partial charge in [0.1, 0.15) is 5.82 Å². The fourth-order valence-corrected chi connectivity index (χ4v) is 2.18. The molecule has 2 aromatic rings. The monoisotopic (exact) mass is 383 g/mol. The van der Waals surface area contributed by atoms with Crippen molar-refractivity contribution in [1.82, 2.24) is 4.98 Å². The van der Waals surface area contributed by atoms with E-state index in [0.29, 0.717) is 0 Å². The Kier molecular flexibility index (Phi) is 1.45. The van der Waals surface area contributed by atoms with Gasteiger partial charge >= 0.3 is 0 Å². The van der Waals surface area contributed by atoms with Crippen molar-refractivity contribution in [2.24, 2.45) is 5.41 Å². The molecule has 0 unspecified atom stereocenters. The van der Waals surface area contributed by atoms with Gasteiger partial charge in [-0.1, -0.05) is 31.8 Å². The molecule has 126 valence electrons. The lowest BCUT2D eigenvalue weighted by Crippen LogP contribution is -2.10. The van der Waals surface area contributed by atoms with Crippen LogP contribution in [0.25, 0.3) is 16.7 Å². The van der Waals surface area contributed by atoms with Crippen LogP contribution < -0.4 is 4.74 Å². The van der Waals surface area contributed by atoms with Crippen LogP contribution in [0.3, 0.4) is 0 Å². The summed E-state index contributed by atoms with van der Waals surface area (Å²) in [5.41, 5.74) is -9.86. The average molecular weight is 384 g/mol. The molecular formula is C20H21ClFNO. The molecule has 0 N–H and O–H groups in total. The van der Waals surface area contributed by atoms with Crippen LogP contribution in [-0.2, 0) is 5.88 Å². The summed E-state index contributed by atoms with van der Waals surface area (Å²) in [6.07, 6.45) is -9.06. The molecule has 1 aromatic heterocycles. The average Bonchev–Trinajstić information content (AvgIpc) is 2.94. The summed E-state index contributed by atoms with van der Waals surface area (Å²) in [5.74, 6) is -3.81. The zero-order valence-electron chi connectivity index (χ0n) is 30.8. The second kappa shape index (κ2) is 6.56. The van der Waals surface area contributed by atoms with E-state index < -0.39 is 121 Å². The number of hydrogen-bond acceptors (Lipinski definition) is 2. The van der Waals surface area contributed by atoms with E-state index in [4.69, 9.17) is 37.6 Å². The first-order chi connectivity index (χ1) is 19.1. The van der Waals surface area contributed by atoms with Crippen LogP contribution in [0.15, 0.2) is 36.4 Å². The highest BCUT2D eigenvalue weighted by Crippen LogP contribution is 2.47. The maximum Gasteiger partial charge on any atom is 0.213 e. The van der Waals surface area contributed by atoms with E-state index in [9.17, 15) is 0 Å². The number of alkyl halides is 1. The van der Waals surface area contributed by atoms with Crippen molar-refractivity contribution in [1.29, 1.82) is 0 Å². The smallest absolute Gasteiger partial charge is 0.213 e. The van der Waals surface area contributed by atoms with Crippen molar-refractivity contribution < 1.29 is 35.2 Å². The Morgan fingerprint density at radius 3 is 3.00 bits per heavy atom. The number of halogens is 2. The molecule has 1 aliphatic carbocycles. The van der Waals surface area contributed by atoms with Gasteiger partial charge in [0.2, 0.25) is 5.88 Å². The third kappa shape index (κ3) is 3.05. The summed E-state index contributed by atoms with van der Waals surface area (Å²) in [6, 6.07) is -6.18. The zero-order chi connectivity index (χ0) is 33.6. The summed E-state index contributed by atoms with van der Waals surface area (Å²) >= 11 is 5.88. The molecule has 0 radical (unpaired) electrons. The number of pyridine rings is 1. The van der Waals surface area contributed by atoms with Crippen molar-refractivity contribution in [3.05, 3.63) is 53.3 Å². The predicted octanol–water partition coefficient (Wildman–Crippen LogP) is 5.84. The van der Waals surface area contributed by atoms with Gasteiger partial charge in [-0.2, -0.15) is 0 Å². The Labute approximate surface area is 174 Å². The lowest BCUT2D eigenvalue weighted by atomic mass is 9.79. The van der Waals surface area contributed by atoms with Gasteiger partial charge in [0.05, 0.1) is 25.5 Å². The van der Waals surface area contributed by atoms with Gasteiger partial charge in [-0.3, -0.25) is 0 Å². The number of methoxy groups -OCH3 is 1. The fourth-order valence-electron chi connectivity index (χ4n) is 2.05. The second-order valence-electron chi connectivity index (χ2n) is 4.68. The molecule has 0 amide bonds. The highest BCUT2D eigenvalue weighted by atomic mass is 35.5.